The molecule has 1 N–H and O–H groups in total. The number of ketones is 1. The summed E-state index contributed by atoms with van der Waals surface area (Å²) < 4.78 is 0. The predicted octanol–water partition coefficient (Wildman–Crippen LogP) is 2.90. The minimum atomic E-state index is -1.04. The summed E-state index contributed by atoms with van der Waals surface area (Å²) in [6.45, 7) is 7.74. The SMILES string of the molecule is Cc1cc(C(=O)CCC(=O)N(CC(=O)O)CC(C)C)c(C)s1. The molecule has 0 bridgehead atoms. The van der Waals surface area contributed by atoms with E-state index >= 15 is 0 Å². The van der Waals surface area contributed by atoms with Crippen LogP contribution in [0.2, 0.25) is 0 Å². The van der Waals surface area contributed by atoms with E-state index in [9.17, 15) is 14.4 Å². The molecule has 0 aliphatic heterocycles. The predicted molar refractivity (Wildman–Crippen MR) is 86.4 cm³/mol. The molecule has 0 aliphatic carbocycles. The largest absolute Gasteiger partial charge is 0.480 e. The Balaban J connectivity index is 2.64. The number of thiophene rings is 1. The second-order valence-corrected chi connectivity index (χ2v) is 7.27. The number of hydrogen-bond acceptors (Lipinski definition) is 4. The molecule has 1 aromatic heterocycles. The van der Waals surface area contributed by atoms with Crippen molar-refractivity contribution in [2.75, 3.05) is 13.1 Å². The van der Waals surface area contributed by atoms with E-state index in [1.807, 2.05) is 33.8 Å². The molecule has 0 fully saturated rings. The molecule has 0 atom stereocenters. The van der Waals surface area contributed by atoms with Crippen LogP contribution in [0.4, 0.5) is 0 Å². The molecular weight excluding hydrogens is 302 g/mol. The molecule has 0 radical (unpaired) electrons. The molecule has 122 valence electrons. The van der Waals surface area contributed by atoms with Crippen molar-refractivity contribution in [1.82, 2.24) is 4.90 Å². The van der Waals surface area contributed by atoms with Crippen LogP contribution < -0.4 is 0 Å². The number of carbonyl (C=O) groups is 3. The number of amides is 1. The van der Waals surface area contributed by atoms with Crippen LogP contribution in [0.5, 0.6) is 0 Å². The lowest BCUT2D eigenvalue weighted by atomic mass is 10.1. The van der Waals surface area contributed by atoms with Crippen molar-refractivity contribution in [2.45, 2.75) is 40.5 Å². The summed E-state index contributed by atoms with van der Waals surface area (Å²) in [6.07, 6.45) is 0.164. The molecule has 22 heavy (non-hydrogen) atoms. The van der Waals surface area contributed by atoms with E-state index < -0.39 is 5.97 Å². The van der Waals surface area contributed by atoms with Gasteiger partial charge in [-0.1, -0.05) is 13.8 Å². The molecule has 1 aromatic rings. The lowest BCUT2D eigenvalue weighted by Gasteiger charge is -2.22. The van der Waals surface area contributed by atoms with Crippen molar-refractivity contribution in [1.29, 1.82) is 0 Å². The smallest absolute Gasteiger partial charge is 0.323 e. The van der Waals surface area contributed by atoms with Crippen molar-refractivity contribution in [2.24, 2.45) is 5.92 Å². The van der Waals surface area contributed by atoms with Gasteiger partial charge in [-0.05, 0) is 25.8 Å². The number of Topliss-reactive ketones (excluding diaryl/α,β-unsaturated/α-hetero) is 1. The highest BCUT2D eigenvalue weighted by Crippen LogP contribution is 2.22. The Hall–Kier alpha value is -1.69. The summed E-state index contributed by atoms with van der Waals surface area (Å²) in [7, 11) is 0. The molecule has 1 rings (SSSR count). The van der Waals surface area contributed by atoms with Gasteiger partial charge in [0.25, 0.3) is 0 Å². The van der Waals surface area contributed by atoms with Crippen LogP contribution >= 0.6 is 11.3 Å². The average Bonchev–Trinajstić information content (AvgIpc) is 2.72. The van der Waals surface area contributed by atoms with Crippen LogP contribution in [0.1, 0.15) is 46.8 Å². The maximum absolute atomic E-state index is 12.2. The van der Waals surface area contributed by atoms with Crippen LogP contribution in [-0.4, -0.2) is 40.8 Å². The van der Waals surface area contributed by atoms with E-state index in [0.717, 1.165) is 9.75 Å². The molecule has 1 heterocycles. The number of hydrogen-bond donors (Lipinski definition) is 1. The second-order valence-electron chi connectivity index (χ2n) is 5.81. The Morgan fingerprint density at radius 1 is 1.23 bits per heavy atom. The fourth-order valence-corrected chi connectivity index (χ4v) is 3.22. The maximum atomic E-state index is 12.2. The normalized spacial score (nSPS) is 10.8. The molecule has 0 aliphatic rings. The third kappa shape index (κ3) is 5.60. The summed E-state index contributed by atoms with van der Waals surface area (Å²) in [5.74, 6) is -1.20. The molecular formula is C16H23NO4S. The zero-order chi connectivity index (χ0) is 16.9. The Morgan fingerprint density at radius 3 is 2.32 bits per heavy atom. The Kier molecular flexibility index (Phi) is 6.74. The lowest BCUT2D eigenvalue weighted by Crippen LogP contribution is -2.38. The number of aryl methyl sites for hydroxylation is 2. The molecule has 0 saturated carbocycles. The molecule has 0 unspecified atom stereocenters. The highest BCUT2D eigenvalue weighted by atomic mass is 32.1. The average molecular weight is 325 g/mol. The van der Waals surface area contributed by atoms with Gasteiger partial charge < -0.3 is 10.0 Å². The van der Waals surface area contributed by atoms with Crippen LogP contribution in [-0.2, 0) is 9.59 Å². The van der Waals surface area contributed by atoms with Crippen molar-refractivity contribution < 1.29 is 19.5 Å². The highest BCUT2D eigenvalue weighted by molar-refractivity contribution is 7.12. The van der Waals surface area contributed by atoms with Gasteiger partial charge in [0.15, 0.2) is 5.78 Å². The van der Waals surface area contributed by atoms with Gasteiger partial charge in [0.2, 0.25) is 5.91 Å². The molecule has 1 amide bonds. The van der Waals surface area contributed by atoms with E-state index in [2.05, 4.69) is 0 Å². The first-order valence-electron chi connectivity index (χ1n) is 7.30. The van der Waals surface area contributed by atoms with E-state index in [4.69, 9.17) is 5.11 Å². The summed E-state index contributed by atoms with van der Waals surface area (Å²) in [5.41, 5.74) is 0.670. The van der Waals surface area contributed by atoms with Crippen LogP contribution in [0.15, 0.2) is 6.07 Å². The minimum Gasteiger partial charge on any atom is -0.480 e. The first kappa shape index (κ1) is 18.4. The van der Waals surface area contributed by atoms with Gasteiger partial charge in [-0.2, -0.15) is 0 Å². The van der Waals surface area contributed by atoms with Gasteiger partial charge in [0, 0.05) is 34.7 Å². The third-order valence-electron chi connectivity index (χ3n) is 3.17. The summed E-state index contributed by atoms with van der Waals surface area (Å²) >= 11 is 1.56. The number of aliphatic carboxylic acids is 1. The first-order valence-corrected chi connectivity index (χ1v) is 8.12. The number of rotatable bonds is 8. The van der Waals surface area contributed by atoms with Gasteiger partial charge in [-0.15, -0.1) is 11.3 Å². The van der Waals surface area contributed by atoms with E-state index in [1.54, 1.807) is 11.3 Å². The Morgan fingerprint density at radius 2 is 1.86 bits per heavy atom. The third-order valence-corrected chi connectivity index (χ3v) is 4.14. The fourth-order valence-electron chi connectivity index (χ4n) is 2.28. The van der Waals surface area contributed by atoms with Crippen molar-refractivity contribution in [3.05, 3.63) is 21.4 Å². The quantitative estimate of drug-likeness (QED) is 0.746. The standard InChI is InChI=1S/C16H23NO4S/c1-10(2)8-17(9-16(20)21)15(19)6-5-14(18)13-7-11(3)22-12(13)4/h7,10H,5-6,8-9H2,1-4H3,(H,20,21). The van der Waals surface area contributed by atoms with Crippen molar-refractivity contribution in [3.63, 3.8) is 0 Å². The van der Waals surface area contributed by atoms with E-state index in [1.165, 1.54) is 4.90 Å². The summed E-state index contributed by atoms with van der Waals surface area (Å²) in [5, 5.41) is 8.88. The van der Waals surface area contributed by atoms with Crippen LogP contribution in [0.25, 0.3) is 0 Å². The zero-order valence-corrected chi connectivity index (χ0v) is 14.3. The second kappa shape index (κ2) is 8.08. The summed E-state index contributed by atoms with van der Waals surface area (Å²) in [6, 6.07) is 1.84. The zero-order valence-electron chi connectivity index (χ0n) is 13.5. The molecule has 6 heteroatoms. The maximum Gasteiger partial charge on any atom is 0.323 e. The fraction of sp³-hybridized carbons (Fsp3) is 0.562. The molecule has 0 saturated heterocycles. The van der Waals surface area contributed by atoms with Crippen molar-refractivity contribution >= 4 is 29.0 Å². The van der Waals surface area contributed by atoms with Gasteiger partial charge in [-0.3, -0.25) is 14.4 Å². The molecule has 5 nitrogen and oxygen atoms in total. The number of nitrogens with zero attached hydrogens (tertiary/aromatic N) is 1. The Labute approximate surface area is 134 Å². The van der Waals surface area contributed by atoms with E-state index in [0.29, 0.717) is 12.1 Å². The minimum absolute atomic E-state index is 0.0488. The highest BCUT2D eigenvalue weighted by Gasteiger charge is 2.20. The lowest BCUT2D eigenvalue weighted by molar-refractivity contribution is -0.144. The topological polar surface area (TPSA) is 74.7 Å². The molecule has 0 aromatic carbocycles. The first-order chi connectivity index (χ1) is 10.2. The number of carbonyl (C=O) groups excluding carboxylic acids is 2. The van der Waals surface area contributed by atoms with Crippen LogP contribution in [0.3, 0.4) is 0 Å². The summed E-state index contributed by atoms with van der Waals surface area (Å²) in [4.78, 5) is 38.5. The van der Waals surface area contributed by atoms with Gasteiger partial charge in [0.05, 0.1) is 0 Å². The number of carboxylic acids is 1. The van der Waals surface area contributed by atoms with Crippen molar-refractivity contribution in [3.8, 4) is 0 Å². The monoisotopic (exact) mass is 325 g/mol. The number of carboxylic acid groups (broad SMARTS) is 1. The Bertz CT molecular complexity index is 562. The van der Waals surface area contributed by atoms with Gasteiger partial charge in [-0.25, -0.2) is 0 Å². The van der Waals surface area contributed by atoms with Gasteiger partial charge >= 0.3 is 5.97 Å². The van der Waals surface area contributed by atoms with E-state index in [-0.39, 0.29) is 37.0 Å². The van der Waals surface area contributed by atoms with Gasteiger partial charge in [0.1, 0.15) is 6.54 Å². The molecule has 0 spiro atoms. The van der Waals surface area contributed by atoms with Crippen LogP contribution in [0, 0.1) is 19.8 Å².